The zero-order valence-corrected chi connectivity index (χ0v) is 10.6. The van der Waals surface area contributed by atoms with Crippen LogP contribution in [0.4, 0.5) is 5.69 Å². The molecule has 1 fully saturated rings. The van der Waals surface area contributed by atoms with Crippen molar-refractivity contribution in [2.24, 2.45) is 0 Å². The van der Waals surface area contributed by atoms with Crippen LogP contribution in [0.15, 0.2) is 29.7 Å². The van der Waals surface area contributed by atoms with Crippen LogP contribution < -0.4 is 15.8 Å². The molecule has 0 bridgehead atoms. The highest BCUT2D eigenvalue weighted by Crippen LogP contribution is 2.16. The molecule has 0 spiro atoms. The minimum absolute atomic E-state index is 0.0280. The van der Waals surface area contributed by atoms with E-state index in [4.69, 9.17) is 0 Å². The Hall–Kier alpha value is -1.62. The smallest absolute Gasteiger partial charge is 0.268 e. The predicted molar refractivity (Wildman–Crippen MR) is 73.0 cm³/mol. The number of rotatable bonds is 6. The monoisotopic (exact) mass is 248 g/mol. The van der Waals surface area contributed by atoms with Gasteiger partial charge in [-0.15, -0.1) is 6.58 Å². The second kappa shape index (κ2) is 6.35. The number of nitrogens with zero attached hydrogens (tertiary/aromatic N) is 3. The van der Waals surface area contributed by atoms with E-state index >= 15 is 0 Å². The molecular weight excluding hydrogens is 228 g/mol. The molecule has 5 heteroatoms. The fraction of sp³-hybridized carbons (Fsp3) is 0.538. The largest absolute Gasteiger partial charge is 0.370 e. The minimum Gasteiger partial charge on any atom is -0.370 e. The van der Waals surface area contributed by atoms with Crippen LogP contribution in [0.3, 0.4) is 0 Å². The van der Waals surface area contributed by atoms with E-state index in [1.54, 1.807) is 18.3 Å². The van der Waals surface area contributed by atoms with E-state index in [-0.39, 0.29) is 5.56 Å². The summed E-state index contributed by atoms with van der Waals surface area (Å²) in [5.74, 6) is 0. The van der Waals surface area contributed by atoms with Gasteiger partial charge in [0.25, 0.3) is 5.56 Å². The Bertz CT molecular complexity index is 449. The Morgan fingerprint density at radius 3 is 2.89 bits per heavy atom. The summed E-state index contributed by atoms with van der Waals surface area (Å²) >= 11 is 0. The summed E-state index contributed by atoms with van der Waals surface area (Å²) in [6.07, 6.45) is 6.00. The first kappa shape index (κ1) is 12.8. The van der Waals surface area contributed by atoms with Gasteiger partial charge in [0.15, 0.2) is 0 Å². The van der Waals surface area contributed by atoms with Gasteiger partial charge in [-0.2, -0.15) is 5.10 Å². The van der Waals surface area contributed by atoms with Crippen molar-refractivity contribution in [2.75, 3.05) is 31.1 Å². The number of nitrogens with one attached hydrogen (secondary N) is 1. The van der Waals surface area contributed by atoms with E-state index in [1.807, 2.05) is 0 Å². The fourth-order valence-corrected chi connectivity index (χ4v) is 2.13. The molecular formula is C13H20N4O. The molecule has 2 rings (SSSR count). The molecule has 0 aliphatic carbocycles. The van der Waals surface area contributed by atoms with Gasteiger partial charge in [-0.25, -0.2) is 4.68 Å². The Kier molecular flexibility index (Phi) is 4.52. The highest BCUT2D eigenvalue weighted by atomic mass is 16.1. The van der Waals surface area contributed by atoms with E-state index in [0.29, 0.717) is 6.54 Å². The average molecular weight is 248 g/mol. The van der Waals surface area contributed by atoms with Crippen molar-refractivity contribution in [1.82, 2.24) is 15.1 Å². The van der Waals surface area contributed by atoms with Crippen LogP contribution in [-0.2, 0) is 6.54 Å². The normalized spacial score (nSPS) is 15.0. The third-order valence-electron chi connectivity index (χ3n) is 3.12. The Morgan fingerprint density at radius 1 is 1.44 bits per heavy atom. The fourth-order valence-electron chi connectivity index (χ4n) is 2.13. The van der Waals surface area contributed by atoms with Gasteiger partial charge in [-0.1, -0.05) is 6.08 Å². The molecule has 0 aromatic carbocycles. The summed E-state index contributed by atoms with van der Waals surface area (Å²) in [7, 11) is 0. The van der Waals surface area contributed by atoms with Crippen molar-refractivity contribution in [3.63, 3.8) is 0 Å². The topological polar surface area (TPSA) is 50.2 Å². The lowest BCUT2D eigenvalue weighted by Gasteiger charge is -2.17. The third-order valence-corrected chi connectivity index (χ3v) is 3.12. The second-order valence-electron chi connectivity index (χ2n) is 4.46. The summed E-state index contributed by atoms with van der Waals surface area (Å²) in [6, 6.07) is 1.69. The maximum atomic E-state index is 11.9. The molecule has 98 valence electrons. The first-order valence-electron chi connectivity index (χ1n) is 6.45. The van der Waals surface area contributed by atoms with Crippen molar-refractivity contribution in [3.05, 3.63) is 35.3 Å². The van der Waals surface area contributed by atoms with Crippen LogP contribution in [0.1, 0.15) is 12.8 Å². The van der Waals surface area contributed by atoms with Crippen LogP contribution in [0.2, 0.25) is 0 Å². The van der Waals surface area contributed by atoms with E-state index < -0.39 is 0 Å². The van der Waals surface area contributed by atoms with E-state index in [2.05, 4.69) is 21.9 Å². The van der Waals surface area contributed by atoms with Gasteiger partial charge in [0.05, 0.1) is 18.4 Å². The van der Waals surface area contributed by atoms with Crippen LogP contribution in [0.25, 0.3) is 0 Å². The first-order valence-corrected chi connectivity index (χ1v) is 6.45. The second-order valence-corrected chi connectivity index (χ2v) is 4.46. The molecule has 0 radical (unpaired) electrons. The molecule has 1 saturated heterocycles. The Labute approximate surface area is 107 Å². The van der Waals surface area contributed by atoms with Crippen molar-refractivity contribution in [2.45, 2.75) is 19.4 Å². The van der Waals surface area contributed by atoms with Crippen LogP contribution in [0, 0.1) is 0 Å². The van der Waals surface area contributed by atoms with Gasteiger partial charge in [0.1, 0.15) is 0 Å². The molecule has 1 N–H and O–H groups in total. The summed E-state index contributed by atoms with van der Waals surface area (Å²) in [4.78, 5) is 14.1. The highest BCUT2D eigenvalue weighted by Gasteiger charge is 2.13. The zero-order chi connectivity index (χ0) is 12.8. The molecule has 1 aliphatic rings. The quantitative estimate of drug-likeness (QED) is 0.592. The molecule has 0 unspecified atom stereocenters. The zero-order valence-electron chi connectivity index (χ0n) is 10.6. The minimum atomic E-state index is -0.0280. The molecule has 1 aromatic rings. The van der Waals surface area contributed by atoms with Gasteiger partial charge < -0.3 is 10.2 Å². The van der Waals surface area contributed by atoms with Crippen molar-refractivity contribution in [1.29, 1.82) is 0 Å². The van der Waals surface area contributed by atoms with E-state index in [9.17, 15) is 4.79 Å². The maximum Gasteiger partial charge on any atom is 0.268 e. The van der Waals surface area contributed by atoms with Gasteiger partial charge >= 0.3 is 0 Å². The predicted octanol–water partition coefficient (Wildman–Crippen LogP) is 0.619. The molecule has 2 heterocycles. The lowest BCUT2D eigenvalue weighted by Crippen LogP contribution is -2.30. The number of hydrogen-bond acceptors (Lipinski definition) is 4. The van der Waals surface area contributed by atoms with Gasteiger partial charge in [0.2, 0.25) is 0 Å². The van der Waals surface area contributed by atoms with Crippen molar-refractivity contribution in [3.8, 4) is 0 Å². The standard InChI is InChI=1S/C13H20N4O/c1-2-5-14-6-9-17-13(18)10-12(11-15-17)16-7-3-4-8-16/h2,10-11,14H,1,3-9H2. The Morgan fingerprint density at radius 2 is 2.22 bits per heavy atom. The molecule has 1 aromatic heterocycles. The summed E-state index contributed by atoms with van der Waals surface area (Å²) in [5, 5.41) is 7.37. The van der Waals surface area contributed by atoms with Crippen LogP contribution in [0.5, 0.6) is 0 Å². The molecule has 18 heavy (non-hydrogen) atoms. The van der Waals surface area contributed by atoms with Gasteiger partial charge in [0, 0.05) is 32.2 Å². The van der Waals surface area contributed by atoms with Crippen molar-refractivity contribution >= 4 is 5.69 Å². The maximum absolute atomic E-state index is 11.9. The lowest BCUT2D eigenvalue weighted by atomic mass is 10.4. The third kappa shape index (κ3) is 3.20. The molecule has 0 amide bonds. The molecule has 0 saturated carbocycles. The van der Waals surface area contributed by atoms with Crippen LogP contribution >= 0.6 is 0 Å². The number of anilines is 1. The average Bonchev–Trinajstić information content (AvgIpc) is 2.90. The first-order chi connectivity index (χ1) is 8.81. The molecule has 1 aliphatic heterocycles. The summed E-state index contributed by atoms with van der Waals surface area (Å²) in [6.45, 7) is 7.76. The number of hydrogen-bond donors (Lipinski definition) is 1. The van der Waals surface area contributed by atoms with E-state index in [0.717, 1.165) is 31.9 Å². The lowest BCUT2D eigenvalue weighted by molar-refractivity contribution is 0.545. The van der Waals surface area contributed by atoms with Gasteiger partial charge in [-0.05, 0) is 12.8 Å². The Balaban J connectivity index is 1.96. The van der Waals surface area contributed by atoms with Gasteiger partial charge in [-0.3, -0.25) is 4.79 Å². The molecule has 0 atom stereocenters. The summed E-state index contributed by atoms with van der Waals surface area (Å²) < 4.78 is 1.50. The van der Waals surface area contributed by atoms with Crippen LogP contribution in [-0.4, -0.2) is 36.0 Å². The molecule has 5 nitrogen and oxygen atoms in total. The highest BCUT2D eigenvalue weighted by molar-refractivity contribution is 5.43. The SMILES string of the molecule is C=CCNCCn1ncc(N2CCCC2)cc1=O. The van der Waals surface area contributed by atoms with E-state index in [1.165, 1.54) is 17.5 Å². The van der Waals surface area contributed by atoms with Crippen molar-refractivity contribution < 1.29 is 0 Å². The number of aromatic nitrogens is 2. The summed E-state index contributed by atoms with van der Waals surface area (Å²) in [5.41, 5.74) is 0.924.